The van der Waals surface area contributed by atoms with E-state index in [4.69, 9.17) is 0 Å². The van der Waals surface area contributed by atoms with Crippen LogP contribution in [-0.2, 0) is 0 Å². The number of allylic oxidation sites excluding steroid dienone is 3. The van der Waals surface area contributed by atoms with Crippen molar-refractivity contribution in [3.63, 3.8) is 0 Å². The summed E-state index contributed by atoms with van der Waals surface area (Å²) in [6.07, 6.45) is 12.0. The smallest absolute Gasteiger partial charge is 0.000794 e. The lowest BCUT2D eigenvalue weighted by Crippen LogP contribution is -2.25. The van der Waals surface area contributed by atoms with Crippen LogP contribution in [0.1, 0.15) is 33.6 Å². The van der Waals surface area contributed by atoms with Crippen molar-refractivity contribution in [2.45, 2.75) is 43.3 Å². The fourth-order valence-corrected chi connectivity index (χ4v) is 5.64. The van der Waals surface area contributed by atoms with E-state index in [1.54, 1.807) is 4.91 Å². The van der Waals surface area contributed by atoms with Crippen LogP contribution in [0.5, 0.6) is 0 Å². The maximum absolute atomic E-state index is 2.46. The van der Waals surface area contributed by atoms with Crippen LogP contribution in [0.4, 0.5) is 0 Å². The fraction of sp³-hybridized carbons (Fsp3) is 0.412. The predicted octanol–water partition coefficient (Wildman–Crippen LogP) is 5.51. The summed E-state index contributed by atoms with van der Waals surface area (Å²) in [6, 6.07) is 11.0. The summed E-state index contributed by atoms with van der Waals surface area (Å²) < 4.78 is 0.280. The van der Waals surface area contributed by atoms with Gasteiger partial charge >= 0.3 is 0 Å². The van der Waals surface area contributed by atoms with Crippen molar-refractivity contribution >= 4 is 10.0 Å². The molecule has 1 unspecified atom stereocenters. The SMILES string of the molecule is CC(C)(C)S(C)(C1=CCCC=C1)c1ccccc1. The third-order valence-electron chi connectivity index (χ3n) is 3.87. The zero-order chi connectivity index (χ0) is 13.2. The van der Waals surface area contributed by atoms with Crippen LogP contribution in [0.3, 0.4) is 0 Å². The topological polar surface area (TPSA) is 0 Å². The second-order valence-electron chi connectivity index (χ2n) is 5.93. The third kappa shape index (κ3) is 2.29. The Kier molecular flexibility index (Phi) is 3.72. The zero-order valence-electron chi connectivity index (χ0n) is 11.9. The molecule has 1 atom stereocenters. The number of hydrogen-bond donors (Lipinski definition) is 0. The molecule has 0 spiro atoms. The Morgan fingerprint density at radius 1 is 1.00 bits per heavy atom. The molecule has 98 valence electrons. The summed E-state index contributed by atoms with van der Waals surface area (Å²) >= 11 is 0. The average molecular weight is 260 g/mol. The molecule has 1 aliphatic rings. The van der Waals surface area contributed by atoms with Gasteiger partial charge in [0.15, 0.2) is 0 Å². The Balaban J connectivity index is 2.55. The molecule has 0 amide bonds. The zero-order valence-corrected chi connectivity index (χ0v) is 12.8. The average Bonchev–Trinajstić information content (AvgIpc) is 2.38. The maximum Gasteiger partial charge on any atom is -0.000794 e. The Morgan fingerprint density at radius 2 is 1.67 bits per heavy atom. The molecular weight excluding hydrogens is 236 g/mol. The van der Waals surface area contributed by atoms with Gasteiger partial charge in [0.05, 0.1) is 0 Å². The van der Waals surface area contributed by atoms with E-state index in [2.05, 4.69) is 75.6 Å². The highest BCUT2D eigenvalue weighted by Crippen LogP contribution is 2.68. The first-order valence-electron chi connectivity index (χ1n) is 6.66. The van der Waals surface area contributed by atoms with Gasteiger partial charge in [-0.1, -0.05) is 57.2 Å². The fourth-order valence-electron chi connectivity index (χ4n) is 2.43. The van der Waals surface area contributed by atoms with Crippen molar-refractivity contribution in [1.29, 1.82) is 0 Å². The molecule has 0 aromatic heterocycles. The number of benzene rings is 1. The Morgan fingerprint density at radius 3 is 2.17 bits per heavy atom. The summed E-state index contributed by atoms with van der Waals surface area (Å²) in [4.78, 5) is 3.04. The van der Waals surface area contributed by atoms with E-state index in [1.165, 1.54) is 17.7 Å². The number of hydrogen-bond acceptors (Lipinski definition) is 0. The van der Waals surface area contributed by atoms with E-state index in [9.17, 15) is 0 Å². The summed E-state index contributed by atoms with van der Waals surface area (Å²) in [5.41, 5.74) is 0. The van der Waals surface area contributed by atoms with Crippen LogP contribution < -0.4 is 0 Å². The molecule has 1 aromatic rings. The van der Waals surface area contributed by atoms with Crippen molar-refractivity contribution in [3.8, 4) is 0 Å². The normalized spacial score (nSPS) is 21.0. The van der Waals surface area contributed by atoms with Crippen molar-refractivity contribution in [2.24, 2.45) is 0 Å². The van der Waals surface area contributed by atoms with Crippen molar-refractivity contribution in [3.05, 3.63) is 53.5 Å². The first-order valence-corrected chi connectivity index (χ1v) is 8.70. The van der Waals surface area contributed by atoms with E-state index in [-0.39, 0.29) is 4.75 Å². The van der Waals surface area contributed by atoms with Gasteiger partial charge in [-0.05, 0) is 45.8 Å². The van der Waals surface area contributed by atoms with Gasteiger partial charge in [0.25, 0.3) is 0 Å². The molecule has 2 rings (SSSR count). The van der Waals surface area contributed by atoms with Gasteiger partial charge < -0.3 is 0 Å². The minimum absolute atomic E-state index is 0.280. The predicted molar refractivity (Wildman–Crippen MR) is 84.4 cm³/mol. The standard InChI is InChI=1S/C17H24S/c1-17(2,3)18(4,15-11-7-5-8-12-15)16-13-9-6-10-14-16/h5,7-9,11-14H,6,10H2,1-4H3. The van der Waals surface area contributed by atoms with Gasteiger partial charge in [-0.2, -0.15) is 10.0 Å². The minimum Gasteiger partial charge on any atom is -0.186 e. The molecule has 0 saturated heterocycles. The van der Waals surface area contributed by atoms with Gasteiger partial charge in [0, 0.05) is 0 Å². The van der Waals surface area contributed by atoms with Crippen LogP contribution in [0.2, 0.25) is 0 Å². The largest absolute Gasteiger partial charge is 0.186 e. The Bertz CT molecular complexity index is 462. The molecule has 18 heavy (non-hydrogen) atoms. The van der Waals surface area contributed by atoms with Gasteiger partial charge in [0.1, 0.15) is 0 Å². The molecule has 0 bridgehead atoms. The lowest BCUT2D eigenvalue weighted by molar-refractivity contribution is 0.786. The Hall–Kier alpha value is -0.950. The third-order valence-corrected chi connectivity index (χ3v) is 8.78. The van der Waals surface area contributed by atoms with E-state index in [1.807, 2.05) is 0 Å². The molecule has 0 aliphatic heterocycles. The van der Waals surface area contributed by atoms with E-state index in [0.29, 0.717) is 0 Å². The maximum atomic E-state index is 2.46. The summed E-state index contributed by atoms with van der Waals surface area (Å²) in [5, 5.41) is 0. The summed E-state index contributed by atoms with van der Waals surface area (Å²) in [6.45, 7) is 7.12. The second kappa shape index (κ2) is 4.97. The molecule has 0 N–H and O–H groups in total. The highest BCUT2D eigenvalue weighted by molar-refractivity contribution is 8.37. The number of rotatable bonds is 2. The summed E-state index contributed by atoms with van der Waals surface area (Å²) in [5.74, 6) is 0. The van der Waals surface area contributed by atoms with Crippen LogP contribution in [0.15, 0.2) is 58.4 Å². The van der Waals surface area contributed by atoms with Crippen LogP contribution in [0, 0.1) is 0 Å². The van der Waals surface area contributed by atoms with Crippen LogP contribution in [-0.4, -0.2) is 11.0 Å². The molecular formula is C17H24S. The molecule has 0 saturated carbocycles. The van der Waals surface area contributed by atoms with E-state index < -0.39 is 10.0 Å². The molecule has 0 radical (unpaired) electrons. The van der Waals surface area contributed by atoms with Gasteiger partial charge in [-0.3, -0.25) is 0 Å². The quantitative estimate of drug-likeness (QED) is 0.657. The van der Waals surface area contributed by atoms with Crippen molar-refractivity contribution < 1.29 is 0 Å². The van der Waals surface area contributed by atoms with Crippen molar-refractivity contribution in [1.82, 2.24) is 0 Å². The highest BCUT2D eigenvalue weighted by atomic mass is 32.3. The molecule has 1 heteroatoms. The minimum atomic E-state index is -0.961. The van der Waals surface area contributed by atoms with Crippen LogP contribution in [0.25, 0.3) is 0 Å². The lowest BCUT2D eigenvalue weighted by atomic mass is 10.2. The molecule has 0 heterocycles. The Labute approximate surface area is 113 Å². The molecule has 0 fully saturated rings. The molecule has 0 nitrogen and oxygen atoms in total. The monoisotopic (exact) mass is 260 g/mol. The van der Waals surface area contributed by atoms with Gasteiger partial charge in [-0.15, -0.1) is 0 Å². The second-order valence-corrected chi connectivity index (χ2v) is 9.93. The molecule has 1 aliphatic carbocycles. The highest BCUT2D eigenvalue weighted by Gasteiger charge is 2.36. The lowest BCUT2D eigenvalue weighted by Gasteiger charge is -2.49. The first kappa shape index (κ1) is 13.5. The molecule has 1 aromatic carbocycles. The van der Waals surface area contributed by atoms with Gasteiger partial charge in [-0.25, -0.2) is 0 Å². The summed E-state index contributed by atoms with van der Waals surface area (Å²) in [7, 11) is -0.961. The van der Waals surface area contributed by atoms with Crippen molar-refractivity contribution in [2.75, 3.05) is 6.26 Å². The first-order chi connectivity index (χ1) is 8.46. The van der Waals surface area contributed by atoms with E-state index >= 15 is 0 Å². The van der Waals surface area contributed by atoms with E-state index in [0.717, 1.165) is 0 Å². The van der Waals surface area contributed by atoms with Crippen LogP contribution >= 0.6 is 10.0 Å². The van der Waals surface area contributed by atoms with Gasteiger partial charge in [0.2, 0.25) is 0 Å².